The highest BCUT2D eigenvalue weighted by Gasteiger charge is 2.17. The molecule has 0 saturated carbocycles. The van der Waals surface area contributed by atoms with Crippen molar-refractivity contribution in [3.05, 3.63) is 29.5 Å². The number of carbonyl (C=O) groups excluding carboxylic acids is 1. The van der Waals surface area contributed by atoms with Crippen LogP contribution in [0.1, 0.15) is 16.1 Å². The molecule has 17 heavy (non-hydrogen) atoms. The third-order valence-corrected chi connectivity index (χ3v) is 2.97. The van der Waals surface area contributed by atoms with Crippen molar-refractivity contribution >= 4 is 16.9 Å². The van der Waals surface area contributed by atoms with Crippen molar-refractivity contribution in [1.29, 1.82) is 0 Å². The van der Waals surface area contributed by atoms with Gasteiger partial charge in [0.1, 0.15) is 11.4 Å². The van der Waals surface area contributed by atoms with E-state index in [9.17, 15) is 4.79 Å². The molecule has 4 heteroatoms. The Balaban J connectivity index is 2.80. The van der Waals surface area contributed by atoms with Crippen molar-refractivity contribution < 1.29 is 14.3 Å². The zero-order valence-electron chi connectivity index (χ0n) is 10.4. The standard InChI is InChI=1S/C13H15NO3/c1-8-5-6-11(16-3)9-7-10(13(15)17-4)14(2)12(8)9/h5-7H,1-4H3. The molecule has 0 aliphatic rings. The molecule has 0 saturated heterocycles. The molecule has 1 heterocycles. The maximum absolute atomic E-state index is 11.6. The lowest BCUT2D eigenvalue weighted by Gasteiger charge is -2.06. The highest BCUT2D eigenvalue weighted by Crippen LogP contribution is 2.30. The van der Waals surface area contributed by atoms with Crippen LogP contribution in [0, 0.1) is 6.92 Å². The van der Waals surface area contributed by atoms with E-state index in [-0.39, 0.29) is 5.97 Å². The quantitative estimate of drug-likeness (QED) is 0.747. The van der Waals surface area contributed by atoms with Gasteiger partial charge in [-0.1, -0.05) is 6.07 Å². The SMILES string of the molecule is COC(=O)c1cc2c(OC)ccc(C)c2n1C. The fourth-order valence-corrected chi connectivity index (χ4v) is 2.12. The maximum Gasteiger partial charge on any atom is 0.354 e. The predicted molar refractivity (Wildman–Crippen MR) is 65.5 cm³/mol. The van der Waals surface area contributed by atoms with E-state index in [1.165, 1.54) is 7.11 Å². The fourth-order valence-electron chi connectivity index (χ4n) is 2.12. The molecule has 4 nitrogen and oxygen atoms in total. The van der Waals surface area contributed by atoms with E-state index in [0.29, 0.717) is 5.69 Å². The summed E-state index contributed by atoms with van der Waals surface area (Å²) in [6, 6.07) is 5.67. The summed E-state index contributed by atoms with van der Waals surface area (Å²) in [6.45, 7) is 2.00. The van der Waals surface area contributed by atoms with Crippen molar-refractivity contribution in [1.82, 2.24) is 4.57 Å². The third kappa shape index (κ3) is 1.65. The van der Waals surface area contributed by atoms with Gasteiger partial charge in [-0.05, 0) is 24.6 Å². The molecule has 0 aliphatic carbocycles. The number of aryl methyl sites for hydroxylation is 2. The normalized spacial score (nSPS) is 10.6. The zero-order valence-corrected chi connectivity index (χ0v) is 10.4. The van der Waals surface area contributed by atoms with Crippen LogP contribution in [-0.2, 0) is 11.8 Å². The molecule has 0 unspecified atom stereocenters. The summed E-state index contributed by atoms with van der Waals surface area (Å²) < 4.78 is 11.9. The van der Waals surface area contributed by atoms with Gasteiger partial charge in [0.15, 0.2) is 0 Å². The molecule has 0 spiro atoms. The summed E-state index contributed by atoms with van der Waals surface area (Å²) in [5.74, 6) is 0.418. The van der Waals surface area contributed by atoms with Crippen molar-refractivity contribution in [2.24, 2.45) is 7.05 Å². The fraction of sp³-hybridized carbons (Fsp3) is 0.308. The molecule has 0 amide bonds. The number of esters is 1. The van der Waals surface area contributed by atoms with E-state index in [4.69, 9.17) is 9.47 Å². The minimum atomic E-state index is -0.342. The maximum atomic E-state index is 11.6. The van der Waals surface area contributed by atoms with Gasteiger partial charge >= 0.3 is 5.97 Å². The number of ether oxygens (including phenoxy) is 2. The van der Waals surface area contributed by atoms with Crippen LogP contribution in [0.15, 0.2) is 18.2 Å². The van der Waals surface area contributed by atoms with Gasteiger partial charge in [-0.3, -0.25) is 0 Å². The highest BCUT2D eigenvalue weighted by atomic mass is 16.5. The highest BCUT2D eigenvalue weighted by molar-refractivity contribution is 5.98. The van der Waals surface area contributed by atoms with Crippen LogP contribution in [0.5, 0.6) is 5.75 Å². The number of aromatic nitrogens is 1. The molecule has 1 aromatic carbocycles. The van der Waals surface area contributed by atoms with Crippen LogP contribution in [0.3, 0.4) is 0 Å². The average Bonchev–Trinajstić information content (AvgIpc) is 2.68. The third-order valence-electron chi connectivity index (χ3n) is 2.97. The van der Waals surface area contributed by atoms with E-state index in [1.54, 1.807) is 13.2 Å². The van der Waals surface area contributed by atoms with Crippen molar-refractivity contribution in [2.45, 2.75) is 6.92 Å². The van der Waals surface area contributed by atoms with Crippen molar-refractivity contribution in [3.8, 4) is 5.75 Å². The van der Waals surface area contributed by atoms with Crippen LogP contribution in [0.2, 0.25) is 0 Å². The molecule has 0 radical (unpaired) electrons. The number of fused-ring (bicyclic) bond motifs is 1. The summed E-state index contributed by atoms with van der Waals surface area (Å²) in [7, 11) is 4.85. The summed E-state index contributed by atoms with van der Waals surface area (Å²) in [4.78, 5) is 11.6. The lowest BCUT2D eigenvalue weighted by Crippen LogP contribution is -2.07. The second-order valence-corrected chi connectivity index (χ2v) is 3.93. The number of hydrogen-bond acceptors (Lipinski definition) is 3. The number of rotatable bonds is 2. The number of methoxy groups -OCH3 is 2. The van der Waals surface area contributed by atoms with Crippen LogP contribution >= 0.6 is 0 Å². The summed E-state index contributed by atoms with van der Waals surface area (Å²) >= 11 is 0. The molecule has 2 rings (SSSR count). The molecule has 0 aliphatic heterocycles. The number of hydrogen-bond donors (Lipinski definition) is 0. The van der Waals surface area contributed by atoms with Gasteiger partial charge in [0, 0.05) is 12.4 Å². The van der Waals surface area contributed by atoms with Gasteiger partial charge in [0.2, 0.25) is 0 Å². The van der Waals surface area contributed by atoms with Crippen molar-refractivity contribution in [2.75, 3.05) is 14.2 Å². The second kappa shape index (κ2) is 4.13. The van der Waals surface area contributed by atoms with Gasteiger partial charge in [-0.15, -0.1) is 0 Å². The molecule has 1 aromatic heterocycles. The lowest BCUT2D eigenvalue weighted by molar-refractivity contribution is 0.0590. The summed E-state index contributed by atoms with van der Waals surface area (Å²) in [5.41, 5.74) is 2.61. The molecule has 0 fully saturated rings. The topological polar surface area (TPSA) is 40.5 Å². The Morgan fingerprint density at radius 2 is 2.00 bits per heavy atom. The number of nitrogens with zero attached hydrogens (tertiary/aromatic N) is 1. The minimum absolute atomic E-state index is 0.342. The average molecular weight is 233 g/mol. The lowest BCUT2D eigenvalue weighted by atomic mass is 10.1. The van der Waals surface area contributed by atoms with Crippen LogP contribution in [0.25, 0.3) is 10.9 Å². The minimum Gasteiger partial charge on any atom is -0.496 e. The number of carbonyl (C=O) groups is 1. The van der Waals surface area contributed by atoms with E-state index in [0.717, 1.165) is 22.2 Å². The van der Waals surface area contributed by atoms with Gasteiger partial charge in [0.05, 0.1) is 19.7 Å². The first-order valence-corrected chi connectivity index (χ1v) is 5.31. The van der Waals surface area contributed by atoms with E-state index >= 15 is 0 Å². The Morgan fingerprint density at radius 1 is 1.29 bits per heavy atom. The van der Waals surface area contributed by atoms with E-state index in [2.05, 4.69) is 0 Å². The van der Waals surface area contributed by atoms with Crippen molar-refractivity contribution in [3.63, 3.8) is 0 Å². The first kappa shape index (κ1) is 11.5. The Hall–Kier alpha value is -1.97. The van der Waals surface area contributed by atoms with Gasteiger partial charge in [0.25, 0.3) is 0 Å². The Morgan fingerprint density at radius 3 is 2.59 bits per heavy atom. The Bertz CT molecular complexity index is 584. The zero-order chi connectivity index (χ0) is 12.6. The van der Waals surface area contributed by atoms with Gasteiger partial charge in [-0.2, -0.15) is 0 Å². The van der Waals surface area contributed by atoms with Crippen LogP contribution < -0.4 is 4.74 Å². The molecule has 90 valence electrons. The molecule has 0 bridgehead atoms. The Labute approximate surface area is 99.7 Å². The molecular formula is C13H15NO3. The van der Waals surface area contributed by atoms with Crippen LogP contribution in [0.4, 0.5) is 0 Å². The van der Waals surface area contributed by atoms with Gasteiger partial charge < -0.3 is 14.0 Å². The van der Waals surface area contributed by atoms with Gasteiger partial charge in [-0.25, -0.2) is 4.79 Å². The Kier molecular flexibility index (Phi) is 2.79. The van der Waals surface area contributed by atoms with E-state index in [1.807, 2.05) is 30.7 Å². The molecule has 2 aromatic rings. The van der Waals surface area contributed by atoms with E-state index < -0.39 is 0 Å². The summed E-state index contributed by atoms with van der Waals surface area (Å²) in [5, 5.41) is 0.926. The molecule has 0 atom stereocenters. The number of benzene rings is 1. The summed E-state index contributed by atoms with van der Waals surface area (Å²) in [6.07, 6.45) is 0. The molecule has 0 N–H and O–H groups in total. The largest absolute Gasteiger partial charge is 0.496 e. The first-order chi connectivity index (χ1) is 8.10. The van der Waals surface area contributed by atoms with Crippen LogP contribution in [-0.4, -0.2) is 24.8 Å². The second-order valence-electron chi connectivity index (χ2n) is 3.93. The predicted octanol–water partition coefficient (Wildman–Crippen LogP) is 2.28. The monoisotopic (exact) mass is 233 g/mol. The smallest absolute Gasteiger partial charge is 0.354 e. The first-order valence-electron chi connectivity index (χ1n) is 5.31. The molecular weight excluding hydrogens is 218 g/mol.